The minimum absolute atomic E-state index is 0.0848. The highest BCUT2D eigenvalue weighted by Crippen LogP contribution is 2.29. The number of sulfone groups is 1. The fourth-order valence-corrected chi connectivity index (χ4v) is 5.14. The van der Waals surface area contributed by atoms with Gasteiger partial charge in [-0.3, -0.25) is 4.79 Å². The Bertz CT molecular complexity index is 641. The maximum absolute atomic E-state index is 12.6. The average molecular weight is 351 g/mol. The first-order chi connectivity index (χ1) is 9.59. The van der Waals surface area contributed by atoms with Crippen LogP contribution < -0.4 is 0 Å². The Morgan fingerprint density at radius 3 is 2.43 bits per heavy atom. The molecule has 0 amide bonds. The van der Waals surface area contributed by atoms with Crippen LogP contribution in [0.25, 0.3) is 0 Å². The lowest BCUT2D eigenvalue weighted by Crippen LogP contribution is -2.21. The molecule has 1 aromatic rings. The third kappa shape index (κ3) is 4.45. The summed E-state index contributed by atoms with van der Waals surface area (Å²) in [5.74, 6) is 0. The first kappa shape index (κ1) is 18.5. The largest absolute Gasteiger partial charge is 0.611 e. The van der Waals surface area contributed by atoms with E-state index in [1.54, 1.807) is 6.92 Å². The number of benzene rings is 1. The Morgan fingerprint density at radius 1 is 1.43 bits per heavy atom. The van der Waals surface area contributed by atoms with E-state index in [-0.39, 0.29) is 20.6 Å². The summed E-state index contributed by atoms with van der Waals surface area (Å²) in [6.07, 6.45) is 2.62. The number of carbonyl (C=O) groups excluding carboxylic acids is 1. The second-order valence-electron chi connectivity index (χ2n) is 5.06. The zero-order valence-corrected chi connectivity index (χ0v) is 14.9. The number of carbonyl (C=O) groups is 1. The van der Waals surface area contributed by atoms with Crippen LogP contribution in [-0.2, 0) is 21.0 Å². The SMILES string of the molecule is CCCC(C)[S+]([O-])c1cc(C)c(C(=O)Cl)cc1S(C)(=O)=O. The molecule has 1 rings (SSSR count). The van der Waals surface area contributed by atoms with Crippen molar-refractivity contribution in [3.63, 3.8) is 0 Å². The predicted molar refractivity (Wildman–Crippen MR) is 85.3 cm³/mol. The smallest absolute Gasteiger partial charge is 0.252 e. The summed E-state index contributed by atoms with van der Waals surface area (Å²) in [7, 11) is -3.60. The lowest BCUT2D eigenvalue weighted by atomic mass is 10.1. The molecule has 0 aliphatic rings. The molecule has 118 valence electrons. The number of rotatable bonds is 6. The number of hydrogen-bond acceptors (Lipinski definition) is 4. The number of halogens is 1. The summed E-state index contributed by atoms with van der Waals surface area (Å²) in [5.41, 5.74) is 0.649. The summed E-state index contributed by atoms with van der Waals surface area (Å²) in [5, 5.41) is -0.885. The normalized spacial score (nSPS) is 14.8. The van der Waals surface area contributed by atoms with Gasteiger partial charge in [0.2, 0.25) is 0 Å². The van der Waals surface area contributed by atoms with Crippen molar-refractivity contribution in [1.29, 1.82) is 0 Å². The summed E-state index contributed by atoms with van der Waals surface area (Å²) in [6, 6.07) is 2.72. The van der Waals surface area contributed by atoms with Gasteiger partial charge < -0.3 is 4.55 Å². The van der Waals surface area contributed by atoms with Gasteiger partial charge >= 0.3 is 0 Å². The third-order valence-electron chi connectivity index (χ3n) is 3.18. The fraction of sp³-hybridized carbons (Fsp3) is 0.500. The molecule has 0 aromatic heterocycles. The van der Waals surface area contributed by atoms with Gasteiger partial charge in [-0.2, -0.15) is 0 Å². The van der Waals surface area contributed by atoms with Crippen molar-refractivity contribution in [2.45, 2.75) is 48.7 Å². The molecular formula is C14H19ClO4S2. The Morgan fingerprint density at radius 2 is 2.00 bits per heavy atom. The summed E-state index contributed by atoms with van der Waals surface area (Å²) in [6.45, 7) is 5.44. The molecule has 1 aromatic carbocycles. The fourth-order valence-electron chi connectivity index (χ4n) is 2.05. The average Bonchev–Trinajstić information content (AvgIpc) is 2.35. The van der Waals surface area contributed by atoms with Gasteiger partial charge in [-0.25, -0.2) is 8.42 Å². The molecule has 2 unspecified atom stereocenters. The van der Waals surface area contributed by atoms with Crippen LogP contribution in [0.1, 0.15) is 42.6 Å². The molecule has 0 aliphatic carbocycles. The standard InChI is InChI=1S/C14H19ClO4S2/c1-5-6-10(3)20(17)12-7-9(2)11(14(15)16)8-13(12)21(4,18)19/h7-8,10H,5-6H2,1-4H3. The van der Waals surface area contributed by atoms with Crippen LogP contribution in [0.15, 0.2) is 21.9 Å². The van der Waals surface area contributed by atoms with Crippen molar-refractivity contribution in [2.24, 2.45) is 0 Å². The Hall–Kier alpha value is -0.560. The van der Waals surface area contributed by atoms with Gasteiger partial charge in [-0.05, 0) is 60.7 Å². The third-order valence-corrected chi connectivity index (χ3v) is 6.39. The lowest BCUT2D eigenvalue weighted by molar-refractivity contribution is 0.108. The molecule has 0 heterocycles. The molecule has 0 N–H and O–H groups in total. The summed E-state index contributed by atoms with van der Waals surface area (Å²) in [4.78, 5) is 11.5. The Balaban J connectivity index is 3.51. The molecule has 7 heteroatoms. The first-order valence-corrected chi connectivity index (χ1v) is 10.0. The molecule has 4 nitrogen and oxygen atoms in total. The van der Waals surface area contributed by atoms with E-state index < -0.39 is 26.3 Å². The molecule has 0 saturated carbocycles. The zero-order valence-electron chi connectivity index (χ0n) is 12.5. The highest BCUT2D eigenvalue weighted by Gasteiger charge is 2.29. The van der Waals surface area contributed by atoms with Gasteiger partial charge in [0.05, 0.1) is 0 Å². The topological polar surface area (TPSA) is 74.3 Å². The Labute approximate surface area is 134 Å². The van der Waals surface area contributed by atoms with Crippen LogP contribution >= 0.6 is 11.6 Å². The van der Waals surface area contributed by atoms with Crippen LogP contribution in [0.3, 0.4) is 0 Å². The van der Waals surface area contributed by atoms with Crippen LogP contribution in [0.4, 0.5) is 0 Å². The van der Waals surface area contributed by atoms with Crippen molar-refractivity contribution >= 4 is 37.9 Å². The van der Waals surface area contributed by atoms with Crippen molar-refractivity contribution in [1.82, 2.24) is 0 Å². The second-order valence-corrected chi connectivity index (χ2v) is 9.22. The maximum atomic E-state index is 12.6. The van der Waals surface area contributed by atoms with E-state index in [4.69, 9.17) is 11.6 Å². The highest BCUT2D eigenvalue weighted by atomic mass is 35.5. The van der Waals surface area contributed by atoms with Gasteiger partial charge in [-0.1, -0.05) is 13.3 Å². The van der Waals surface area contributed by atoms with E-state index in [1.807, 2.05) is 13.8 Å². The molecule has 0 radical (unpaired) electrons. The lowest BCUT2D eigenvalue weighted by Gasteiger charge is -2.20. The monoisotopic (exact) mass is 350 g/mol. The minimum atomic E-state index is -3.60. The van der Waals surface area contributed by atoms with Crippen molar-refractivity contribution in [2.75, 3.05) is 6.26 Å². The molecule has 0 aliphatic heterocycles. The van der Waals surface area contributed by atoms with E-state index in [0.717, 1.165) is 19.1 Å². The molecule has 2 atom stereocenters. The van der Waals surface area contributed by atoms with E-state index in [2.05, 4.69) is 0 Å². The minimum Gasteiger partial charge on any atom is -0.611 e. The van der Waals surface area contributed by atoms with Crippen molar-refractivity contribution in [3.8, 4) is 0 Å². The van der Waals surface area contributed by atoms with Crippen LogP contribution in [0, 0.1) is 6.92 Å². The molecule has 0 spiro atoms. The number of aryl methyl sites for hydroxylation is 1. The zero-order chi connectivity index (χ0) is 16.4. The van der Waals surface area contributed by atoms with E-state index in [1.165, 1.54) is 12.1 Å². The quantitative estimate of drug-likeness (QED) is 0.583. The van der Waals surface area contributed by atoms with Gasteiger partial charge in [0.15, 0.2) is 14.7 Å². The van der Waals surface area contributed by atoms with Crippen LogP contribution in [-0.4, -0.2) is 29.7 Å². The van der Waals surface area contributed by atoms with Crippen molar-refractivity contribution < 1.29 is 17.8 Å². The van der Waals surface area contributed by atoms with Crippen LogP contribution in [0.5, 0.6) is 0 Å². The number of hydrogen-bond donors (Lipinski definition) is 0. The van der Waals surface area contributed by atoms with Gasteiger partial charge in [-0.15, -0.1) is 0 Å². The van der Waals surface area contributed by atoms with Gasteiger partial charge in [0.1, 0.15) is 10.1 Å². The first-order valence-electron chi connectivity index (χ1n) is 6.54. The van der Waals surface area contributed by atoms with Gasteiger partial charge in [0.25, 0.3) is 5.24 Å². The molecular weight excluding hydrogens is 332 g/mol. The molecule has 0 fully saturated rings. The predicted octanol–water partition coefficient (Wildman–Crippen LogP) is 3.07. The Kier molecular flexibility index (Phi) is 6.28. The molecule has 0 bridgehead atoms. The second kappa shape index (κ2) is 7.13. The molecule has 21 heavy (non-hydrogen) atoms. The van der Waals surface area contributed by atoms with Crippen LogP contribution in [0.2, 0.25) is 0 Å². The van der Waals surface area contributed by atoms with Crippen molar-refractivity contribution in [3.05, 3.63) is 23.3 Å². The summed E-state index contributed by atoms with van der Waals surface area (Å²) < 4.78 is 36.4. The molecule has 0 saturated heterocycles. The van der Waals surface area contributed by atoms with Gasteiger partial charge in [0, 0.05) is 11.8 Å². The van der Waals surface area contributed by atoms with E-state index in [0.29, 0.717) is 5.56 Å². The summed E-state index contributed by atoms with van der Waals surface area (Å²) >= 11 is 4.01. The van der Waals surface area contributed by atoms with E-state index in [9.17, 15) is 17.8 Å². The highest BCUT2D eigenvalue weighted by molar-refractivity contribution is 7.94. The maximum Gasteiger partial charge on any atom is 0.252 e. The van der Waals surface area contributed by atoms with E-state index >= 15 is 0 Å².